The largest absolute Gasteiger partial charge is 0.474 e. The Balaban J connectivity index is 1.56. The van der Waals surface area contributed by atoms with Gasteiger partial charge in [0.2, 0.25) is 5.88 Å². The Labute approximate surface area is 184 Å². The van der Waals surface area contributed by atoms with Gasteiger partial charge in [-0.05, 0) is 51.0 Å². The topological polar surface area (TPSA) is 81.1 Å². The van der Waals surface area contributed by atoms with E-state index in [1.807, 2.05) is 6.92 Å². The molecule has 32 heavy (non-hydrogen) atoms. The number of amides is 1. The SMILES string of the molecule is Cc1ccc(-c2ncccn2)c(C(=O)N2CC(F)(COc3ccc(F)cn3)CC[C@@H]2C)n1. The Bertz CT molecular complexity index is 1100. The molecule has 1 unspecified atom stereocenters. The fraction of sp³-hybridized carbons (Fsp3) is 0.348. The zero-order valence-electron chi connectivity index (χ0n) is 17.8. The van der Waals surface area contributed by atoms with Gasteiger partial charge in [-0.25, -0.2) is 28.7 Å². The van der Waals surface area contributed by atoms with Crippen LogP contribution >= 0.6 is 0 Å². The van der Waals surface area contributed by atoms with E-state index in [0.29, 0.717) is 23.5 Å². The average molecular weight is 439 g/mol. The highest BCUT2D eigenvalue weighted by Crippen LogP contribution is 2.32. The van der Waals surface area contributed by atoms with Gasteiger partial charge >= 0.3 is 0 Å². The second-order valence-electron chi connectivity index (χ2n) is 8.00. The van der Waals surface area contributed by atoms with Crippen LogP contribution in [0.5, 0.6) is 5.88 Å². The van der Waals surface area contributed by atoms with Crippen LogP contribution in [0.15, 0.2) is 48.9 Å². The third kappa shape index (κ3) is 4.71. The number of piperidine rings is 1. The smallest absolute Gasteiger partial charge is 0.273 e. The molecular weight excluding hydrogens is 416 g/mol. The van der Waals surface area contributed by atoms with E-state index in [2.05, 4.69) is 19.9 Å². The van der Waals surface area contributed by atoms with Gasteiger partial charge in [-0.1, -0.05) is 0 Å². The minimum Gasteiger partial charge on any atom is -0.474 e. The molecule has 4 rings (SSSR count). The molecule has 0 bridgehead atoms. The number of pyridine rings is 2. The van der Waals surface area contributed by atoms with Crippen LogP contribution in [0.3, 0.4) is 0 Å². The van der Waals surface area contributed by atoms with E-state index in [4.69, 9.17) is 4.74 Å². The number of ether oxygens (including phenoxy) is 1. The van der Waals surface area contributed by atoms with Crippen LogP contribution in [0.1, 0.15) is 35.9 Å². The maximum Gasteiger partial charge on any atom is 0.273 e. The predicted molar refractivity (Wildman–Crippen MR) is 113 cm³/mol. The molecule has 3 aromatic heterocycles. The number of carbonyl (C=O) groups is 1. The van der Waals surface area contributed by atoms with Crippen molar-refractivity contribution in [3.8, 4) is 17.3 Å². The van der Waals surface area contributed by atoms with E-state index < -0.39 is 11.5 Å². The third-order valence-corrected chi connectivity index (χ3v) is 5.48. The maximum absolute atomic E-state index is 15.7. The van der Waals surface area contributed by atoms with Gasteiger partial charge in [0.25, 0.3) is 5.91 Å². The molecule has 3 aromatic rings. The summed E-state index contributed by atoms with van der Waals surface area (Å²) in [5.74, 6) is -0.376. The van der Waals surface area contributed by atoms with Gasteiger partial charge in [0.15, 0.2) is 11.5 Å². The highest BCUT2D eigenvalue weighted by atomic mass is 19.1. The van der Waals surface area contributed by atoms with Crippen molar-refractivity contribution in [3.05, 3.63) is 66.1 Å². The van der Waals surface area contributed by atoms with Gasteiger partial charge in [-0.2, -0.15) is 0 Å². The van der Waals surface area contributed by atoms with E-state index >= 15 is 4.39 Å². The van der Waals surface area contributed by atoms with Gasteiger partial charge in [0, 0.05) is 30.2 Å². The normalized spacial score (nSPS) is 20.8. The molecule has 9 heteroatoms. The summed E-state index contributed by atoms with van der Waals surface area (Å²) in [6.45, 7) is 3.22. The molecule has 1 aliphatic rings. The molecule has 7 nitrogen and oxygen atoms in total. The van der Waals surface area contributed by atoms with E-state index in [0.717, 1.165) is 6.20 Å². The van der Waals surface area contributed by atoms with Gasteiger partial charge in [-0.3, -0.25) is 4.79 Å². The first-order valence-electron chi connectivity index (χ1n) is 10.3. The standard InChI is InChI=1S/C23H23F2N5O2/c1-15-4-6-18(21-26-10-3-11-27-21)20(29-15)22(31)30-13-23(25,9-8-16(30)2)14-32-19-7-5-17(24)12-28-19/h3-7,10-12,16H,8-9,13-14H2,1-2H3/t16-,23?/m0/s1. The Kier molecular flexibility index (Phi) is 6.07. The number of aromatic nitrogens is 4. The first-order valence-corrected chi connectivity index (χ1v) is 10.3. The first-order chi connectivity index (χ1) is 15.3. The minimum absolute atomic E-state index is 0.129. The second kappa shape index (κ2) is 8.94. The molecule has 4 heterocycles. The molecular formula is C23H23F2N5O2. The molecule has 1 saturated heterocycles. The van der Waals surface area contributed by atoms with Crippen molar-refractivity contribution in [2.75, 3.05) is 13.2 Å². The molecule has 0 radical (unpaired) electrons. The molecule has 0 saturated carbocycles. The van der Waals surface area contributed by atoms with Crippen LogP contribution in [0.2, 0.25) is 0 Å². The van der Waals surface area contributed by atoms with Crippen molar-refractivity contribution in [2.45, 2.75) is 38.4 Å². The van der Waals surface area contributed by atoms with Gasteiger partial charge < -0.3 is 9.64 Å². The van der Waals surface area contributed by atoms with Crippen molar-refractivity contribution >= 4 is 5.91 Å². The fourth-order valence-electron chi connectivity index (χ4n) is 3.68. The number of rotatable bonds is 5. The van der Waals surface area contributed by atoms with Crippen molar-refractivity contribution in [1.29, 1.82) is 0 Å². The lowest BCUT2D eigenvalue weighted by Gasteiger charge is -2.41. The monoisotopic (exact) mass is 439 g/mol. The third-order valence-electron chi connectivity index (χ3n) is 5.48. The summed E-state index contributed by atoms with van der Waals surface area (Å²) in [4.78, 5) is 31.7. The summed E-state index contributed by atoms with van der Waals surface area (Å²) < 4.78 is 34.2. The average Bonchev–Trinajstić information content (AvgIpc) is 2.81. The molecule has 0 spiro atoms. The number of aryl methyl sites for hydroxylation is 1. The summed E-state index contributed by atoms with van der Waals surface area (Å²) in [6, 6.07) is 7.59. The number of hydrogen-bond acceptors (Lipinski definition) is 6. The fourth-order valence-corrected chi connectivity index (χ4v) is 3.68. The summed E-state index contributed by atoms with van der Waals surface area (Å²) >= 11 is 0. The van der Waals surface area contributed by atoms with Crippen LogP contribution < -0.4 is 4.74 Å². The van der Waals surface area contributed by atoms with Crippen LogP contribution in [0.25, 0.3) is 11.4 Å². The molecule has 0 N–H and O–H groups in total. The van der Waals surface area contributed by atoms with E-state index in [1.54, 1.807) is 37.5 Å². The Hall–Kier alpha value is -3.49. The Morgan fingerprint density at radius 2 is 2.00 bits per heavy atom. The summed E-state index contributed by atoms with van der Waals surface area (Å²) in [5.41, 5.74) is -0.426. The van der Waals surface area contributed by atoms with Gasteiger partial charge in [-0.15, -0.1) is 0 Å². The molecule has 0 aromatic carbocycles. The quantitative estimate of drug-likeness (QED) is 0.602. The Morgan fingerprint density at radius 3 is 2.72 bits per heavy atom. The number of nitrogens with zero attached hydrogens (tertiary/aromatic N) is 5. The highest BCUT2D eigenvalue weighted by molar-refractivity contribution is 5.98. The van der Waals surface area contributed by atoms with Crippen LogP contribution in [0.4, 0.5) is 8.78 Å². The molecule has 0 aliphatic carbocycles. The van der Waals surface area contributed by atoms with Crippen molar-refractivity contribution in [1.82, 2.24) is 24.8 Å². The van der Waals surface area contributed by atoms with E-state index in [-0.39, 0.29) is 43.1 Å². The lowest BCUT2D eigenvalue weighted by Crippen LogP contribution is -2.54. The summed E-state index contributed by atoms with van der Waals surface area (Å²) in [7, 11) is 0. The molecule has 166 valence electrons. The van der Waals surface area contributed by atoms with Gasteiger partial charge in [0.05, 0.1) is 18.3 Å². The minimum atomic E-state index is -1.77. The van der Waals surface area contributed by atoms with Crippen molar-refractivity contribution < 1.29 is 18.3 Å². The molecule has 1 fully saturated rings. The Morgan fingerprint density at radius 1 is 1.22 bits per heavy atom. The summed E-state index contributed by atoms with van der Waals surface area (Å²) in [5, 5.41) is 0. The zero-order valence-corrected chi connectivity index (χ0v) is 17.8. The van der Waals surface area contributed by atoms with Crippen LogP contribution in [-0.4, -0.2) is 55.6 Å². The van der Waals surface area contributed by atoms with Crippen LogP contribution in [0, 0.1) is 12.7 Å². The van der Waals surface area contributed by atoms with Gasteiger partial charge in [0.1, 0.15) is 18.1 Å². The lowest BCUT2D eigenvalue weighted by molar-refractivity contribution is -0.00936. The molecule has 1 aliphatic heterocycles. The summed E-state index contributed by atoms with van der Waals surface area (Å²) in [6.07, 6.45) is 4.89. The number of alkyl halides is 1. The molecule has 1 amide bonds. The predicted octanol–water partition coefficient (Wildman–Crippen LogP) is 3.79. The van der Waals surface area contributed by atoms with Crippen LogP contribution in [-0.2, 0) is 0 Å². The molecule has 2 atom stereocenters. The zero-order chi connectivity index (χ0) is 22.7. The van der Waals surface area contributed by atoms with E-state index in [1.165, 1.54) is 17.0 Å². The van der Waals surface area contributed by atoms with E-state index in [9.17, 15) is 9.18 Å². The maximum atomic E-state index is 15.7. The number of carbonyl (C=O) groups excluding carboxylic acids is 1. The van der Waals surface area contributed by atoms with Crippen molar-refractivity contribution in [3.63, 3.8) is 0 Å². The number of halogens is 2. The first kappa shape index (κ1) is 21.7. The van der Waals surface area contributed by atoms with Crippen molar-refractivity contribution in [2.24, 2.45) is 0 Å². The highest BCUT2D eigenvalue weighted by Gasteiger charge is 2.42. The second-order valence-corrected chi connectivity index (χ2v) is 8.00. The number of hydrogen-bond donors (Lipinski definition) is 0. The lowest BCUT2D eigenvalue weighted by atomic mass is 9.90. The number of likely N-dealkylation sites (tertiary alicyclic amines) is 1.